The van der Waals surface area contributed by atoms with Gasteiger partial charge in [0.25, 0.3) is 5.91 Å². The molecule has 2 heterocycles. The van der Waals surface area contributed by atoms with Crippen LogP contribution in [-0.2, 0) is 22.4 Å². The van der Waals surface area contributed by atoms with Crippen molar-refractivity contribution in [2.45, 2.75) is 25.7 Å². The third kappa shape index (κ3) is 4.83. The Morgan fingerprint density at radius 3 is 2.70 bits per heavy atom. The van der Waals surface area contributed by atoms with Crippen LogP contribution in [0.4, 0.5) is 5.00 Å². The number of carbonyl (C=O) groups excluding carboxylic acids is 2. The molecule has 0 spiro atoms. The number of rotatable bonds is 5. The minimum absolute atomic E-state index is 0.160. The number of halogens is 2. The van der Waals surface area contributed by atoms with Crippen LogP contribution < -0.4 is 5.32 Å². The number of nitriles is 1. The number of methoxy groups -OCH3 is 1. The van der Waals surface area contributed by atoms with E-state index in [9.17, 15) is 14.9 Å². The maximum absolute atomic E-state index is 12.9. The van der Waals surface area contributed by atoms with E-state index >= 15 is 0 Å². The first-order valence-corrected chi connectivity index (χ1v) is 11.7. The number of carbonyl (C=O) groups is 2. The van der Waals surface area contributed by atoms with Crippen LogP contribution in [0, 0.1) is 11.3 Å². The Bertz CT molecular complexity index is 1320. The van der Waals surface area contributed by atoms with E-state index in [2.05, 4.69) is 5.32 Å². The molecule has 4 rings (SSSR count). The van der Waals surface area contributed by atoms with E-state index in [1.807, 2.05) is 6.07 Å². The van der Waals surface area contributed by atoms with Crippen molar-refractivity contribution in [3.63, 3.8) is 0 Å². The average Bonchev–Trinajstić information content (AvgIpc) is 3.43. The van der Waals surface area contributed by atoms with Gasteiger partial charge in [-0.2, -0.15) is 5.26 Å². The first-order chi connectivity index (χ1) is 15.9. The molecule has 0 saturated heterocycles. The molecule has 33 heavy (non-hydrogen) atoms. The van der Waals surface area contributed by atoms with E-state index in [0.29, 0.717) is 37.7 Å². The highest BCUT2D eigenvalue weighted by molar-refractivity contribution is 7.17. The first kappa shape index (κ1) is 23.1. The maximum Gasteiger partial charge on any atom is 0.341 e. The molecule has 0 aliphatic heterocycles. The van der Waals surface area contributed by atoms with Gasteiger partial charge < -0.3 is 14.5 Å². The summed E-state index contributed by atoms with van der Waals surface area (Å²) in [5.41, 5.74) is 1.85. The maximum atomic E-state index is 12.9. The van der Waals surface area contributed by atoms with Gasteiger partial charge in [-0.05, 0) is 61.6 Å². The summed E-state index contributed by atoms with van der Waals surface area (Å²) in [6.45, 7) is 0. The van der Waals surface area contributed by atoms with E-state index in [1.165, 1.54) is 24.5 Å². The predicted octanol–water partition coefficient (Wildman–Crippen LogP) is 6.53. The quantitative estimate of drug-likeness (QED) is 0.244. The molecule has 6 nitrogen and oxygen atoms in total. The number of nitrogens with one attached hydrogen (secondary N) is 1. The zero-order valence-corrected chi connectivity index (χ0v) is 19.9. The topological polar surface area (TPSA) is 92.3 Å². The number of nitrogens with zero attached hydrogens (tertiary/aromatic N) is 1. The minimum Gasteiger partial charge on any atom is -0.465 e. The van der Waals surface area contributed by atoms with Crippen LogP contribution in [0.15, 0.2) is 40.3 Å². The number of ether oxygens (including phenoxy) is 1. The van der Waals surface area contributed by atoms with Crippen LogP contribution in [0.1, 0.15) is 39.4 Å². The minimum atomic E-state index is -0.631. The molecule has 0 saturated carbocycles. The molecule has 1 amide bonds. The summed E-state index contributed by atoms with van der Waals surface area (Å²) in [7, 11) is 1.31. The number of hydrogen-bond acceptors (Lipinski definition) is 6. The molecule has 0 bridgehead atoms. The Balaban J connectivity index is 1.59. The summed E-state index contributed by atoms with van der Waals surface area (Å²) in [4.78, 5) is 26.3. The molecule has 2 aromatic heterocycles. The Morgan fingerprint density at radius 1 is 1.18 bits per heavy atom. The zero-order valence-electron chi connectivity index (χ0n) is 17.5. The lowest BCUT2D eigenvalue weighted by atomic mass is 9.95. The van der Waals surface area contributed by atoms with Crippen molar-refractivity contribution in [2.75, 3.05) is 12.4 Å². The van der Waals surface area contributed by atoms with Crippen molar-refractivity contribution in [3.05, 3.63) is 67.7 Å². The van der Waals surface area contributed by atoms with E-state index < -0.39 is 11.9 Å². The molecule has 0 fully saturated rings. The molecular formula is C24H18Cl2N2O4S. The number of amides is 1. The van der Waals surface area contributed by atoms with Gasteiger partial charge in [-0.1, -0.05) is 23.2 Å². The van der Waals surface area contributed by atoms with Gasteiger partial charge in [0.1, 0.15) is 28.2 Å². The summed E-state index contributed by atoms with van der Waals surface area (Å²) < 4.78 is 10.7. The van der Waals surface area contributed by atoms with E-state index in [1.54, 1.807) is 30.3 Å². The molecule has 3 aromatic rings. The molecule has 0 unspecified atom stereocenters. The molecule has 1 aliphatic rings. The SMILES string of the molecule is COC(=O)c1c(NC(=O)/C(C#N)=C/c2ccc(-c3ccc(Cl)c(Cl)c3)o2)sc2c1CCCC2. The second-order valence-electron chi connectivity index (χ2n) is 7.36. The molecule has 0 atom stereocenters. The Kier molecular flexibility index (Phi) is 6.89. The molecule has 9 heteroatoms. The lowest BCUT2D eigenvalue weighted by Gasteiger charge is -2.11. The van der Waals surface area contributed by atoms with Crippen molar-refractivity contribution in [2.24, 2.45) is 0 Å². The van der Waals surface area contributed by atoms with Gasteiger partial charge in [-0.15, -0.1) is 11.3 Å². The number of hydrogen-bond donors (Lipinski definition) is 1. The van der Waals surface area contributed by atoms with E-state index in [4.69, 9.17) is 32.4 Å². The Hall–Kier alpha value is -3.05. The second-order valence-corrected chi connectivity index (χ2v) is 9.28. The third-order valence-corrected chi connectivity index (χ3v) is 7.22. The molecule has 1 aromatic carbocycles. The van der Waals surface area contributed by atoms with E-state index in [-0.39, 0.29) is 5.57 Å². The average molecular weight is 501 g/mol. The van der Waals surface area contributed by atoms with Gasteiger partial charge in [0.05, 0.1) is 22.7 Å². The molecule has 1 aliphatic carbocycles. The van der Waals surface area contributed by atoms with Gasteiger partial charge in [-0.25, -0.2) is 4.79 Å². The monoisotopic (exact) mass is 500 g/mol. The summed E-state index contributed by atoms with van der Waals surface area (Å²) >= 11 is 13.4. The normalized spacial score (nSPS) is 13.2. The fraction of sp³-hybridized carbons (Fsp3) is 0.208. The van der Waals surface area contributed by atoms with Crippen LogP contribution >= 0.6 is 34.5 Å². The van der Waals surface area contributed by atoms with Gasteiger partial charge in [-0.3, -0.25) is 4.79 Å². The molecular weight excluding hydrogens is 483 g/mol. The van der Waals surface area contributed by atoms with Crippen molar-refractivity contribution in [1.29, 1.82) is 5.26 Å². The highest BCUT2D eigenvalue weighted by atomic mass is 35.5. The Labute approximate surface area is 204 Å². The van der Waals surface area contributed by atoms with Gasteiger partial charge in [0.2, 0.25) is 0 Å². The summed E-state index contributed by atoms with van der Waals surface area (Å²) in [5.74, 6) is -0.295. The molecule has 168 valence electrons. The number of furan rings is 1. The van der Waals surface area contributed by atoms with Gasteiger partial charge in [0.15, 0.2) is 0 Å². The predicted molar refractivity (Wildman–Crippen MR) is 129 cm³/mol. The van der Waals surface area contributed by atoms with Crippen LogP contribution in [0.25, 0.3) is 17.4 Å². The van der Waals surface area contributed by atoms with Crippen molar-refractivity contribution < 1.29 is 18.7 Å². The summed E-state index contributed by atoms with van der Waals surface area (Å²) in [6, 6.07) is 10.3. The summed E-state index contributed by atoms with van der Waals surface area (Å²) in [6.07, 6.45) is 4.97. The number of anilines is 1. The fourth-order valence-corrected chi connectivity index (χ4v) is 5.24. The Morgan fingerprint density at radius 2 is 1.97 bits per heavy atom. The number of aryl methyl sites for hydroxylation is 1. The first-order valence-electron chi connectivity index (χ1n) is 10.1. The summed E-state index contributed by atoms with van der Waals surface area (Å²) in [5, 5.41) is 13.5. The van der Waals surface area contributed by atoms with Gasteiger partial charge >= 0.3 is 5.97 Å². The number of esters is 1. The number of thiophene rings is 1. The lowest BCUT2D eigenvalue weighted by molar-refractivity contribution is -0.112. The fourth-order valence-electron chi connectivity index (χ4n) is 3.67. The van der Waals surface area contributed by atoms with Crippen LogP contribution in [0.5, 0.6) is 0 Å². The van der Waals surface area contributed by atoms with Crippen LogP contribution in [0.2, 0.25) is 10.0 Å². The number of fused-ring (bicyclic) bond motifs is 1. The lowest BCUT2D eigenvalue weighted by Crippen LogP contribution is -2.16. The van der Waals surface area contributed by atoms with E-state index in [0.717, 1.165) is 36.1 Å². The van der Waals surface area contributed by atoms with Gasteiger partial charge in [0, 0.05) is 16.5 Å². The molecule has 0 radical (unpaired) electrons. The van der Waals surface area contributed by atoms with Crippen molar-refractivity contribution >= 4 is 57.5 Å². The largest absolute Gasteiger partial charge is 0.465 e. The number of benzene rings is 1. The molecule has 1 N–H and O–H groups in total. The highest BCUT2D eigenvalue weighted by Crippen LogP contribution is 2.39. The smallest absolute Gasteiger partial charge is 0.341 e. The van der Waals surface area contributed by atoms with Crippen molar-refractivity contribution in [3.8, 4) is 17.4 Å². The second kappa shape index (κ2) is 9.84. The van der Waals surface area contributed by atoms with Crippen LogP contribution in [0.3, 0.4) is 0 Å². The third-order valence-electron chi connectivity index (χ3n) is 5.27. The standard InChI is InChI=1S/C24H18Cl2N2O4S/c1-31-24(30)21-16-4-2-3-5-20(16)33-23(21)28-22(29)14(12-27)10-15-7-9-19(32-15)13-6-8-17(25)18(26)11-13/h6-11H,2-5H2,1H3,(H,28,29)/b14-10+. The highest BCUT2D eigenvalue weighted by Gasteiger charge is 2.27. The van der Waals surface area contributed by atoms with Crippen LogP contribution in [-0.4, -0.2) is 19.0 Å². The zero-order chi connectivity index (χ0) is 23.5. The van der Waals surface area contributed by atoms with Crippen molar-refractivity contribution in [1.82, 2.24) is 0 Å².